The van der Waals surface area contributed by atoms with Crippen LogP contribution < -0.4 is 4.74 Å². The third-order valence-corrected chi connectivity index (χ3v) is 3.38. The van der Waals surface area contributed by atoms with Gasteiger partial charge < -0.3 is 19.5 Å². The zero-order chi connectivity index (χ0) is 15.7. The van der Waals surface area contributed by atoms with Crippen LogP contribution in [0.5, 0.6) is 5.88 Å². The molecule has 1 amide bonds. The summed E-state index contributed by atoms with van der Waals surface area (Å²) >= 11 is 0. The van der Waals surface area contributed by atoms with Gasteiger partial charge in [0.05, 0.1) is 13.7 Å². The van der Waals surface area contributed by atoms with Crippen LogP contribution in [0, 0.1) is 0 Å². The van der Waals surface area contributed by atoms with Crippen molar-refractivity contribution in [1.29, 1.82) is 0 Å². The van der Waals surface area contributed by atoms with Crippen LogP contribution in [0.1, 0.15) is 32.8 Å². The maximum atomic E-state index is 12.0. The molecule has 0 saturated carbocycles. The number of likely N-dealkylation sites (tertiary alicyclic amines) is 1. The standard InChI is InChI=1S/C15H22N2O4/c1-14(2,3)21-13(18)17-8-7-15(19,10-17)11-5-6-12(20-4)16-9-11/h5-6,9,19H,7-8,10H2,1-4H3/t15-/m0/s1. The maximum Gasteiger partial charge on any atom is 0.410 e. The molecule has 1 aliphatic rings. The second-order valence-electron chi connectivity index (χ2n) is 6.27. The van der Waals surface area contributed by atoms with Crippen molar-refractivity contribution in [2.24, 2.45) is 0 Å². The first-order valence-corrected chi connectivity index (χ1v) is 6.94. The molecule has 1 atom stereocenters. The molecule has 1 fully saturated rings. The third-order valence-electron chi connectivity index (χ3n) is 3.38. The molecule has 2 heterocycles. The van der Waals surface area contributed by atoms with Crippen molar-refractivity contribution in [1.82, 2.24) is 9.88 Å². The number of β-amino-alcohol motifs (C(OH)–C–C–N with tert-alkyl or cyclic N) is 1. The van der Waals surface area contributed by atoms with Crippen LogP contribution in [-0.4, -0.2) is 46.9 Å². The highest BCUT2D eigenvalue weighted by molar-refractivity contribution is 5.68. The van der Waals surface area contributed by atoms with Gasteiger partial charge >= 0.3 is 6.09 Å². The van der Waals surface area contributed by atoms with Gasteiger partial charge in [-0.2, -0.15) is 0 Å². The molecule has 0 aliphatic carbocycles. The molecule has 1 aliphatic heterocycles. The molecule has 0 aromatic carbocycles. The van der Waals surface area contributed by atoms with E-state index >= 15 is 0 Å². The van der Waals surface area contributed by atoms with Gasteiger partial charge in [0.2, 0.25) is 5.88 Å². The molecule has 0 radical (unpaired) electrons. The number of hydrogen-bond acceptors (Lipinski definition) is 5. The summed E-state index contributed by atoms with van der Waals surface area (Å²) in [6.45, 7) is 6.12. The number of ether oxygens (including phenoxy) is 2. The fourth-order valence-corrected chi connectivity index (χ4v) is 2.29. The molecule has 1 aromatic heterocycles. The minimum atomic E-state index is -1.09. The van der Waals surface area contributed by atoms with E-state index in [9.17, 15) is 9.90 Å². The average Bonchev–Trinajstić information content (AvgIpc) is 2.81. The van der Waals surface area contributed by atoms with E-state index in [4.69, 9.17) is 9.47 Å². The molecule has 116 valence electrons. The number of pyridine rings is 1. The lowest BCUT2D eigenvalue weighted by Crippen LogP contribution is -2.38. The van der Waals surface area contributed by atoms with E-state index in [1.807, 2.05) is 20.8 Å². The van der Waals surface area contributed by atoms with Crippen molar-refractivity contribution in [3.8, 4) is 5.88 Å². The summed E-state index contributed by atoms with van der Waals surface area (Å²) < 4.78 is 10.3. The van der Waals surface area contributed by atoms with Crippen molar-refractivity contribution in [2.45, 2.75) is 38.4 Å². The van der Waals surface area contributed by atoms with Crippen LogP contribution in [0.4, 0.5) is 4.79 Å². The lowest BCUT2D eigenvalue weighted by Gasteiger charge is -2.26. The number of aromatic nitrogens is 1. The lowest BCUT2D eigenvalue weighted by molar-refractivity contribution is 0.0139. The van der Waals surface area contributed by atoms with Crippen LogP contribution in [-0.2, 0) is 10.3 Å². The van der Waals surface area contributed by atoms with E-state index in [1.54, 1.807) is 18.3 Å². The Hall–Kier alpha value is -1.82. The molecule has 1 aromatic rings. The number of hydrogen-bond donors (Lipinski definition) is 1. The fraction of sp³-hybridized carbons (Fsp3) is 0.600. The van der Waals surface area contributed by atoms with Crippen molar-refractivity contribution in [2.75, 3.05) is 20.2 Å². The van der Waals surface area contributed by atoms with Crippen LogP contribution in [0.15, 0.2) is 18.3 Å². The summed E-state index contributed by atoms with van der Waals surface area (Å²) in [6, 6.07) is 3.47. The molecule has 2 rings (SSSR count). The molecule has 1 N–H and O–H groups in total. The fourth-order valence-electron chi connectivity index (χ4n) is 2.29. The first-order chi connectivity index (χ1) is 9.73. The Morgan fingerprint density at radius 1 is 1.43 bits per heavy atom. The first kappa shape index (κ1) is 15.6. The molecular formula is C15H22N2O4. The minimum absolute atomic E-state index is 0.204. The van der Waals surface area contributed by atoms with Crippen LogP contribution in [0.2, 0.25) is 0 Å². The van der Waals surface area contributed by atoms with Gasteiger partial charge in [0.25, 0.3) is 0 Å². The molecule has 0 unspecified atom stereocenters. The molecular weight excluding hydrogens is 272 g/mol. The summed E-state index contributed by atoms with van der Waals surface area (Å²) in [5.41, 5.74) is -0.954. The Labute approximate surface area is 124 Å². The Morgan fingerprint density at radius 3 is 2.67 bits per heavy atom. The van der Waals surface area contributed by atoms with Gasteiger partial charge in [-0.3, -0.25) is 0 Å². The number of carbonyl (C=O) groups excluding carboxylic acids is 1. The number of methoxy groups -OCH3 is 1. The normalized spacial score (nSPS) is 22.2. The third kappa shape index (κ3) is 3.64. The zero-order valence-electron chi connectivity index (χ0n) is 12.9. The van der Waals surface area contributed by atoms with Crippen molar-refractivity contribution < 1.29 is 19.4 Å². The number of nitrogens with zero attached hydrogens (tertiary/aromatic N) is 2. The highest BCUT2D eigenvalue weighted by atomic mass is 16.6. The van der Waals surface area contributed by atoms with Gasteiger partial charge in [0, 0.05) is 24.4 Å². The number of carbonyl (C=O) groups is 1. The van der Waals surface area contributed by atoms with E-state index in [0.29, 0.717) is 24.4 Å². The summed E-state index contributed by atoms with van der Waals surface area (Å²) in [5, 5.41) is 10.7. The van der Waals surface area contributed by atoms with E-state index in [0.717, 1.165) is 0 Å². The topological polar surface area (TPSA) is 71.9 Å². The maximum absolute atomic E-state index is 12.0. The van der Waals surface area contributed by atoms with Gasteiger partial charge in [0.15, 0.2) is 0 Å². The Bertz CT molecular complexity index is 509. The molecule has 0 bridgehead atoms. The highest BCUT2D eigenvalue weighted by Crippen LogP contribution is 2.32. The monoisotopic (exact) mass is 294 g/mol. The van der Waals surface area contributed by atoms with E-state index in [-0.39, 0.29) is 6.54 Å². The highest BCUT2D eigenvalue weighted by Gasteiger charge is 2.41. The first-order valence-electron chi connectivity index (χ1n) is 6.94. The second kappa shape index (κ2) is 5.52. The smallest absolute Gasteiger partial charge is 0.410 e. The van der Waals surface area contributed by atoms with E-state index in [1.165, 1.54) is 12.0 Å². The number of aliphatic hydroxyl groups is 1. The van der Waals surface area contributed by atoms with Crippen molar-refractivity contribution in [3.05, 3.63) is 23.9 Å². The number of amides is 1. The Kier molecular flexibility index (Phi) is 4.09. The van der Waals surface area contributed by atoms with Gasteiger partial charge in [-0.1, -0.05) is 0 Å². The molecule has 0 spiro atoms. The zero-order valence-corrected chi connectivity index (χ0v) is 12.9. The van der Waals surface area contributed by atoms with Gasteiger partial charge in [-0.25, -0.2) is 9.78 Å². The molecule has 21 heavy (non-hydrogen) atoms. The molecule has 1 saturated heterocycles. The molecule has 6 nitrogen and oxygen atoms in total. The minimum Gasteiger partial charge on any atom is -0.481 e. The summed E-state index contributed by atoms with van der Waals surface area (Å²) in [4.78, 5) is 17.7. The Morgan fingerprint density at radius 2 is 2.14 bits per heavy atom. The van der Waals surface area contributed by atoms with Crippen LogP contribution >= 0.6 is 0 Å². The summed E-state index contributed by atoms with van der Waals surface area (Å²) in [5.74, 6) is 0.490. The van der Waals surface area contributed by atoms with Crippen LogP contribution in [0.25, 0.3) is 0 Å². The van der Waals surface area contributed by atoms with Gasteiger partial charge in [0.1, 0.15) is 11.2 Å². The van der Waals surface area contributed by atoms with Gasteiger partial charge in [-0.05, 0) is 33.3 Å². The number of rotatable bonds is 2. The van der Waals surface area contributed by atoms with Crippen LogP contribution in [0.3, 0.4) is 0 Å². The lowest BCUT2D eigenvalue weighted by atomic mass is 9.95. The predicted octanol–water partition coefficient (Wildman–Crippen LogP) is 1.92. The van der Waals surface area contributed by atoms with Crippen molar-refractivity contribution >= 4 is 6.09 Å². The Balaban J connectivity index is 2.07. The van der Waals surface area contributed by atoms with Crippen molar-refractivity contribution in [3.63, 3.8) is 0 Å². The molecule has 6 heteroatoms. The van der Waals surface area contributed by atoms with E-state index < -0.39 is 17.3 Å². The second-order valence-corrected chi connectivity index (χ2v) is 6.27. The predicted molar refractivity (Wildman–Crippen MR) is 77.1 cm³/mol. The van der Waals surface area contributed by atoms with E-state index in [2.05, 4.69) is 4.98 Å². The summed E-state index contributed by atoms with van der Waals surface area (Å²) in [7, 11) is 1.54. The SMILES string of the molecule is COc1ccc([C@]2(O)CCN(C(=O)OC(C)(C)C)C2)cn1. The quantitative estimate of drug-likeness (QED) is 0.902. The largest absolute Gasteiger partial charge is 0.481 e. The summed E-state index contributed by atoms with van der Waals surface area (Å²) in [6.07, 6.45) is 1.64. The average molecular weight is 294 g/mol. The van der Waals surface area contributed by atoms with Gasteiger partial charge in [-0.15, -0.1) is 0 Å².